The highest BCUT2D eigenvalue weighted by atomic mass is 16.1. The second-order valence-electron chi connectivity index (χ2n) is 3.08. The van der Waals surface area contributed by atoms with E-state index in [2.05, 4.69) is 4.98 Å². The minimum Gasteiger partial charge on any atom is -0.298 e. The van der Waals surface area contributed by atoms with Crippen LogP contribution in [0.15, 0.2) is 30.5 Å². The summed E-state index contributed by atoms with van der Waals surface area (Å²) in [5.74, 6) is 0. The molecule has 2 aromatic rings. The highest BCUT2D eigenvalue weighted by Gasteiger charge is 1.96. The van der Waals surface area contributed by atoms with E-state index in [-0.39, 0.29) is 0 Å². The van der Waals surface area contributed by atoms with E-state index in [9.17, 15) is 4.79 Å². The Morgan fingerprint density at radius 3 is 2.92 bits per heavy atom. The lowest BCUT2D eigenvalue weighted by molar-refractivity contribution is 0.112. The average Bonchev–Trinajstić information content (AvgIpc) is 2.16. The number of aldehydes is 1. The monoisotopic (exact) mass is 171 g/mol. The van der Waals surface area contributed by atoms with Crippen LogP contribution in [0.3, 0.4) is 0 Å². The summed E-state index contributed by atoms with van der Waals surface area (Å²) in [6, 6.07) is 7.84. The first kappa shape index (κ1) is 7.92. The van der Waals surface area contributed by atoms with Crippen LogP contribution in [0, 0.1) is 6.92 Å². The van der Waals surface area contributed by atoms with Gasteiger partial charge in [0.1, 0.15) is 0 Å². The molecule has 0 atom stereocenters. The fourth-order valence-electron chi connectivity index (χ4n) is 1.33. The van der Waals surface area contributed by atoms with Crippen LogP contribution in [0.2, 0.25) is 0 Å². The Hall–Kier alpha value is -1.70. The van der Waals surface area contributed by atoms with Crippen LogP contribution in [0.1, 0.15) is 15.9 Å². The molecule has 64 valence electrons. The van der Waals surface area contributed by atoms with E-state index < -0.39 is 0 Å². The van der Waals surface area contributed by atoms with Gasteiger partial charge >= 0.3 is 0 Å². The van der Waals surface area contributed by atoms with Crippen molar-refractivity contribution in [3.63, 3.8) is 0 Å². The van der Waals surface area contributed by atoms with Gasteiger partial charge in [0, 0.05) is 17.1 Å². The number of aryl methyl sites for hydroxylation is 1. The summed E-state index contributed by atoms with van der Waals surface area (Å²) in [5.41, 5.74) is 2.73. The summed E-state index contributed by atoms with van der Waals surface area (Å²) < 4.78 is 0. The van der Waals surface area contributed by atoms with Gasteiger partial charge < -0.3 is 0 Å². The number of carbonyl (C=O) groups excluding carboxylic acids is 1. The Morgan fingerprint density at radius 2 is 2.15 bits per heavy atom. The Morgan fingerprint density at radius 1 is 1.31 bits per heavy atom. The summed E-state index contributed by atoms with van der Waals surface area (Å²) in [6.07, 6.45) is 2.40. The second-order valence-corrected chi connectivity index (χ2v) is 3.08. The summed E-state index contributed by atoms with van der Waals surface area (Å²) in [5, 5.41) is 1.02. The molecule has 0 saturated heterocycles. The Kier molecular flexibility index (Phi) is 1.81. The number of hydrogen-bond acceptors (Lipinski definition) is 2. The van der Waals surface area contributed by atoms with Crippen LogP contribution >= 0.6 is 0 Å². The van der Waals surface area contributed by atoms with Gasteiger partial charge in [-0.05, 0) is 25.1 Å². The molecule has 2 nitrogen and oxygen atoms in total. The second kappa shape index (κ2) is 2.98. The minimum absolute atomic E-state index is 0.623. The highest BCUT2D eigenvalue weighted by Crippen LogP contribution is 2.13. The zero-order valence-electron chi connectivity index (χ0n) is 7.32. The van der Waals surface area contributed by atoms with Crippen molar-refractivity contribution in [1.29, 1.82) is 0 Å². The molecule has 0 aliphatic rings. The van der Waals surface area contributed by atoms with Crippen LogP contribution in [0.4, 0.5) is 0 Å². The molecular weight excluding hydrogens is 162 g/mol. The highest BCUT2D eigenvalue weighted by molar-refractivity contribution is 5.86. The van der Waals surface area contributed by atoms with Gasteiger partial charge in [-0.1, -0.05) is 11.6 Å². The Bertz CT molecular complexity index is 463. The number of fused-ring (bicyclic) bond motifs is 1. The summed E-state index contributed by atoms with van der Waals surface area (Å²) >= 11 is 0. The molecule has 0 radical (unpaired) electrons. The first-order chi connectivity index (χ1) is 6.29. The summed E-state index contributed by atoms with van der Waals surface area (Å²) in [6.45, 7) is 2.02. The quantitative estimate of drug-likeness (QED) is 0.616. The van der Waals surface area contributed by atoms with Crippen molar-refractivity contribution in [2.45, 2.75) is 6.92 Å². The van der Waals surface area contributed by atoms with Crippen molar-refractivity contribution in [2.75, 3.05) is 0 Å². The number of pyridine rings is 1. The largest absolute Gasteiger partial charge is 0.298 e. The molecule has 1 aromatic heterocycles. The number of hydrogen-bond donors (Lipinski definition) is 0. The lowest BCUT2D eigenvalue weighted by Crippen LogP contribution is -1.84. The van der Waals surface area contributed by atoms with Crippen molar-refractivity contribution in [2.24, 2.45) is 0 Å². The molecule has 0 amide bonds. The Balaban J connectivity index is 2.74. The lowest BCUT2D eigenvalue weighted by atomic mass is 10.1. The van der Waals surface area contributed by atoms with E-state index in [1.54, 1.807) is 6.20 Å². The number of benzene rings is 1. The number of rotatable bonds is 1. The predicted octanol–water partition coefficient (Wildman–Crippen LogP) is 2.36. The van der Waals surface area contributed by atoms with E-state index in [0.29, 0.717) is 5.56 Å². The summed E-state index contributed by atoms with van der Waals surface area (Å²) in [4.78, 5) is 14.7. The van der Waals surface area contributed by atoms with Crippen molar-refractivity contribution < 1.29 is 4.79 Å². The molecule has 13 heavy (non-hydrogen) atoms. The van der Waals surface area contributed by atoms with Gasteiger partial charge in [0.2, 0.25) is 0 Å². The molecular formula is C11H9NO. The van der Waals surface area contributed by atoms with Gasteiger partial charge in [-0.3, -0.25) is 9.78 Å². The molecule has 2 rings (SSSR count). The topological polar surface area (TPSA) is 30.0 Å². The van der Waals surface area contributed by atoms with Crippen LogP contribution < -0.4 is 0 Å². The van der Waals surface area contributed by atoms with Gasteiger partial charge in [0.05, 0.1) is 5.52 Å². The molecule has 2 heteroatoms. The van der Waals surface area contributed by atoms with Crippen molar-refractivity contribution >= 4 is 17.2 Å². The first-order valence-corrected chi connectivity index (χ1v) is 4.11. The number of nitrogens with zero attached hydrogens (tertiary/aromatic N) is 1. The normalized spacial score (nSPS) is 10.2. The van der Waals surface area contributed by atoms with Crippen LogP contribution in [0.5, 0.6) is 0 Å². The molecule has 0 unspecified atom stereocenters. The fourth-order valence-corrected chi connectivity index (χ4v) is 1.33. The Labute approximate surface area is 76.2 Å². The SMILES string of the molecule is Cc1ccc2ncc(C=O)cc2c1. The molecule has 0 aliphatic carbocycles. The fraction of sp³-hybridized carbons (Fsp3) is 0.0909. The maximum absolute atomic E-state index is 10.5. The molecule has 0 saturated carbocycles. The van der Waals surface area contributed by atoms with E-state index in [1.807, 2.05) is 31.2 Å². The molecule has 0 aliphatic heterocycles. The van der Waals surface area contributed by atoms with Gasteiger partial charge in [0.15, 0.2) is 6.29 Å². The summed E-state index contributed by atoms with van der Waals surface area (Å²) in [7, 11) is 0. The first-order valence-electron chi connectivity index (χ1n) is 4.11. The third-order valence-electron chi connectivity index (χ3n) is 1.99. The van der Waals surface area contributed by atoms with Crippen molar-refractivity contribution in [3.8, 4) is 0 Å². The maximum Gasteiger partial charge on any atom is 0.151 e. The van der Waals surface area contributed by atoms with E-state index >= 15 is 0 Å². The molecule has 0 fully saturated rings. The third-order valence-corrected chi connectivity index (χ3v) is 1.99. The van der Waals surface area contributed by atoms with E-state index in [4.69, 9.17) is 0 Å². The van der Waals surface area contributed by atoms with Crippen molar-refractivity contribution in [3.05, 3.63) is 41.6 Å². The maximum atomic E-state index is 10.5. The average molecular weight is 171 g/mol. The van der Waals surface area contributed by atoms with Gasteiger partial charge in [-0.2, -0.15) is 0 Å². The van der Waals surface area contributed by atoms with Crippen molar-refractivity contribution in [1.82, 2.24) is 4.98 Å². The molecule has 0 bridgehead atoms. The van der Waals surface area contributed by atoms with Crippen LogP contribution in [0.25, 0.3) is 10.9 Å². The molecule has 0 N–H and O–H groups in total. The molecule has 0 spiro atoms. The minimum atomic E-state index is 0.623. The van der Waals surface area contributed by atoms with Gasteiger partial charge in [0.25, 0.3) is 0 Å². The number of aromatic nitrogens is 1. The number of carbonyl (C=O) groups is 1. The van der Waals surface area contributed by atoms with Crippen LogP contribution in [-0.4, -0.2) is 11.3 Å². The molecule has 1 aromatic carbocycles. The zero-order valence-corrected chi connectivity index (χ0v) is 7.32. The predicted molar refractivity (Wildman–Crippen MR) is 51.9 cm³/mol. The van der Waals surface area contributed by atoms with Crippen LogP contribution in [-0.2, 0) is 0 Å². The smallest absolute Gasteiger partial charge is 0.151 e. The van der Waals surface area contributed by atoms with E-state index in [1.165, 1.54) is 5.56 Å². The van der Waals surface area contributed by atoms with E-state index in [0.717, 1.165) is 17.2 Å². The zero-order chi connectivity index (χ0) is 9.26. The van der Waals surface area contributed by atoms with Gasteiger partial charge in [-0.25, -0.2) is 0 Å². The molecule has 1 heterocycles. The standard InChI is InChI=1S/C11H9NO/c1-8-2-3-11-10(4-8)5-9(7-13)6-12-11/h2-7H,1H3. The van der Waals surface area contributed by atoms with Gasteiger partial charge in [-0.15, -0.1) is 0 Å². The lowest BCUT2D eigenvalue weighted by Gasteiger charge is -1.98. The third kappa shape index (κ3) is 1.43.